The summed E-state index contributed by atoms with van der Waals surface area (Å²) in [5, 5.41) is 3.58. The van der Waals surface area contributed by atoms with Gasteiger partial charge in [0.25, 0.3) is 0 Å². The van der Waals surface area contributed by atoms with Crippen LogP contribution in [0.15, 0.2) is 36.7 Å². The fraction of sp³-hybridized carbons (Fsp3) is 0.565. The summed E-state index contributed by atoms with van der Waals surface area (Å²) in [6.07, 6.45) is 6.00. The van der Waals surface area contributed by atoms with Gasteiger partial charge in [0.05, 0.1) is 13.2 Å². The Kier molecular flexibility index (Phi) is 7.08. The number of hydrogen-bond acceptors (Lipinski definition) is 5. The Morgan fingerprint density at radius 2 is 1.76 bits per heavy atom. The highest BCUT2D eigenvalue weighted by molar-refractivity contribution is 6.74. The summed E-state index contributed by atoms with van der Waals surface area (Å²) in [7, 11) is -1.76. The molecular formula is C23H35N3O2Si. The molecule has 158 valence electrons. The lowest BCUT2D eigenvalue weighted by Gasteiger charge is -2.36. The second-order valence-electron chi connectivity index (χ2n) is 9.51. The Morgan fingerprint density at radius 1 is 1.07 bits per heavy atom. The molecule has 0 saturated carbocycles. The van der Waals surface area contributed by atoms with Crippen LogP contribution in [0.2, 0.25) is 18.1 Å². The molecule has 0 spiro atoms. The number of aromatic nitrogens is 2. The van der Waals surface area contributed by atoms with E-state index in [2.05, 4.69) is 73.4 Å². The van der Waals surface area contributed by atoms with Crippen molar-refractivity contribution in [1.82, 2.24) is 15.3 Å². The number of ether oxygens (including phenoxy) is 1. The lowest BCUT2D eigenvalue weighted by molar-refractivity contribution is 0.202. The minimum Gasteiger partial charge on any atom is -0.463 e. The first-order valence-electron chi connectivity index (χ1n) is 10.6. The number of benzene rings is 1. The van der Waals surface area contributed by atoms with E-state index >= 15 is 0 Å². The van der Waals surface area contributed by atoms with Gasteiger partial charge in [0, 0.05) is 18.0 Å². The van der Waals surface area contributed by atoms with Crippen molar-refractivity contribution in [2.24, 2.45) is 5.92 Å². The molecule has 0 radical (unpaired) electrons. The monoisotopic (exact) mass is 413 g/mol. The number of rotatable bonds is 7. The topological polar surface area (TPSA) is 56.3 Å². The van der Waals surface area contributed by atoms with Crippen molar-refractivity contribution in [3.8, 4) is 17.1 Å². The van der Waals surface area contributed by atoms with Crippen molar-refractivity contribution in [2.75, 3.05) is 19.7 Å². The third-order valence-electron chi connectivity index (χ3n) is 6.20. The summed E-state index contributed by atoms with van der Waals surface area (Å²) in [5.41, 5.74) is 3.28. The molecule has 6 heteroatoms. The van der Waals surface area contributed by atoms with Crippen LogP contribution in [-0.2, 0) is 11.0 Å². The van der Waals surface area contributed by atoms with Gasteiger partial charge < -0.3 is 14.5 Å². The quantitative estimate of drug-likeness (QED) is 0.644. The highest BCUT2D eigenvalue weighted by atomic mass is 28.4. The minimum absolute atomic E-state index is 0.211. The highest BCUT2D eigenvalue weighted by Gasteiger charge is 2.37. The zero-order valence-corrected chi connectivity index (χ0v) is 19.5. The maximum atomic E-state index is 6.36. The standard InChI is InChI=1S/C23H35N3O2Si/c1-23(2,3)29(4,5)28-17-19-7-6-8-20(13-19)21-14-25-22(26-15-21)27-16-18-9-11-24-12-10-18/h6-8,13-15,18,24H,9-12,16-17H2,1-5H3. The fourth-order valence-electron chi connectivity index (χ4n) is 3.10. The molecule has 2 aromatic rings. The van der Waals surface area contributed by atoms with E-state index in [1.54, 1.807) is 0 Å². The molecule has 0 aliphatic carbocycles. The van der Waals surface area contributed by atoms with Gasteiger partial charge in [-0.3, -0.25) is 0 Å². The molecule has 1 aromatic heterocycles. The third kappa shape index (κ3) is 6.11. The first-order valence-corrected chi connectivity index (χ1v) is 13.5. The van der Waals surface area contributed by atoms with Crippen molar-refractivity contribution in [2.45, 2.75) is 58.4 Å². The largest absolute Gasteiger partial charge is 0.463 e. The van der Waals surface area contributed by atoms with Crippen molar-refractivity contribution >= 4 is 8.32 Å². The molecule has 1 fully saturated rings. The van der Waals surface area contributed by atoms with Crippen molar-refractivity contribution < 1.29 is 9.16 Å². The smallest absolute Gasteiger partial charge is 0.316 e. The second-order valence-corrected chi connectivity index (χ2v) is 14.3. The van der Waals surface area contributed by atoms with E-state index in [4.69, 9.17) is 9.16 Å². The SMILES string of the molecule is CC(C)(C)[Si](C)(C)OCc1cccc(-c2cnc(OCC3CCNCC3)nc2)c1. The zero-order chi connectivity index (χ0) is 20.9. The van der Waals surface area contributed by atoms with Crippen LogP contribution in [0.5, 0.6) is 6.01 Å². The van der Waals surface area contributed by atoms with Gasteiger partial charge >= 0.3 is 6.01 Å². The lowest BCUT2D eigenvalue weighted by atomic mass is 9.99. The first-order chi connectivity index (χ1) is 13.7. The van der Waals surface area contributed by atoms with E-state index in [-0.39, 0.29) is 5.04 Å². The van der Waals surface area contributed by atoms with E-state index in [9.17, 15) is 0 Å². The summed E-state index contributed by atoms with van der Waals surface area (Å²) < 4.78 is 12.2. The predicted octanol–water partition coefficient (Wildman–Crippen LogP) is 5.04. The van der Waals surface area contributed by atoms with Crippen LogP contribution in [0, 0.1) is 5.92 Å². The maximum absolute atomic E-state index is 6.36. The average molecular weight is 414 g/mol. The fourth-order valence-corrected chi connectivity index (χ4v) is 4.06. The predicted molar refractivity (Wildman–Crippen MR) is 121 cm³/mol. The molecule has 0 bridgehead atoms. The van der Waals surface area contributed by atoms with Crippen molar-refractivity contribution in [3.05, 3.63) is 42.2 Å². The summed E-state index contributed by atoms with van der Waals surface area (Å²) in [5.74, 6) is 0.595. The Bertz CT molecular complexity index is 781. The van der Waals surface area contributed by atoms with Gasteiger partial charge in [0.2, 0.25) is 0 Å². The normalized spacial score (nSPS) is 16.0. The lowest BCUT2D eigenvalue weighted by Crippen LogP contribution is -2.40. The van der Waals surface area contributed by atoms with Gasteiger partial charge in [-0.1, -0.05) is 39.0 Å². The van der Waals surface area contributed by atoms with Crippen LogP contribution < -0.4 is 10.1 Å². The van der Waals surface area contributed by atoms with Crippen LogP contribution >= 0.6 is 0 Å². The van der Waals surface area contributed by atoms with E-state index in [0.29, 0.717) is 25.1 Å². The summed E-state index contributed by atoms with van der Waals surface area (Å²) in [6, 6.07) is 8.91. The van der Waals surface area contributed by atoms with Gasteiger partial charge in [-0.05, 0) is 67.2 Å². The first kappa shape index (κ1) is 21.9. The molecule has 1 aliphatic rings. The third-order valence-corrected chi connectivity index (χ3v) is 10.7. The highest BCUT2D eigenvalue weighted by Crippen LogP contribution is 2.37. The van der Waals surface area contributed by atoms with Crippen LogP contribution in [0.3, 0.4) is 0 Å². The summed E-state index contributed by atoms with van der Waals surface area (Å²) in [4.78, 5) is 8.83. The van der Waals surface area contributed by atoms with Gasteiger partial charge in [0.1, 0.15) is 0 Å². The molecule has 1 aliphatic heterocycles. The Hall–Kier alpha value is -1.76. The van der Waals surface area contributed by atoms with Crippen LogP contribution in [-0.4, -0.2) is 38.0 Å². The minimum atomic E-state index is -1.76. The molecule has 5 nitrogen and oxygen atoms in total. The van der Waals surface area contributed by atoms with Crippen molar-refractivity contribution in [3.63, 3.8) is 0 Å². The molecular weight excluding hydrogens is 378 g/mol. The van der Waals surface area contributed by atoms with Gasteiger partial charge in [-0.2, -0.15) is 0 Å². The molecule has 1 aromatic carbocycles. The summed E-state index contributed by atoms with van der Waals surface area (Å²) in [6.45, 7) is 14.8. The molecule has 0 amide bonds. The van der Waals surface area contributed by atoms with Gasteiger partial charge in [-0.15, -0.1) is 0 Å². The summed E-state index contributed by atoms with van der Waals surface area (Å²) >= 11 is 0. The second kappa shape index (κ2) is 9.37. The molecule has 2 heterocycles. The number of hydrogen-bond donors (Lipinski definition) is 1. The van der Waals surface area contributed by atoms with Crippen LogP contribution in [0.1, 0.15) is 39.2 Å². The zero-order valence-electron chi connectivity index (χ0n) is 18.5. The Labute approximate surface area is 176 Å². The average Bonchev–Trinajstić information content (AvgIpc) is 2.71. The number of piperidine rings is 1. The number of nitrogens with one attached hydrogen (secondary N) is 1. The van der Waals surface area contributed by atoms with Gasteiger partial charge in [0.15, 0.2) is 8.32 Å². The molecule has 29 heavy (non-hydrogen) atoms. The van der Waals surface area contributed by atoms with Crippen molar-refractivity contribution in [1.29, 1.82) is 0 Å². The molecule has 0 unspecified atom stereocenters. The Balaban J connectivity index is 1.59. The molecule has 0 atom stereocenters. The molecule has 1 saturated heterocycles. The van der Waals surface area contributed by atoms with Crippen LogP contribution in [0.4, 0.5) is 0 Å². The Morgan fingerprint density at radius 3 is 2.41 bits per heavy atom. The molecule has 3 rings (SSSR count). The van der Waals surface area contributed by atoms with Gasteiger partial charge in [-0.25, -0.2) is 9.97 Å². The van der Waals surface area contributed by atoms with Crippen LogP contribution in [0.25, 0.3) is 11.1 Å². The van der Waals surface area contributed by atoms with E-state index in [1.165, 1.54) is 5.56 Å². The number of nitrogens with zero attached hydrogens (tertiary/aromatic N) is 2. The molecule has 1 N–H and O–H groups in total. The van der Waals surface area contributed by atoms with E-state index in [1.807, 2.05) is 12.4 Å². The van der Waals surface area contributed by atoms with E-state index < -0.39 is 8.32 Å². The maximum Gasteiger partial charge on any atom is 0.316 e. The van der Waals surface area contributed by atoms with E-state index in [0.717, 1.165) is 37.1 Å².